The van der Waals surface area contributed by atoms with E-state index in [2.05, 4.69) is 16.5 Å². The number of carbonyl (C=O) groups is 1. The average molecular weight is 343 g/mol. The minimum absolute atomic E-state index is 0.0324. The molecule has 1 aromatic heterocycles. The molecule has 0 spiro atoms. The van der Waals surface area contributed by atoms with Crippen LogP contribution in [0, 0.1) is 18.2 Å². The minimum Gasteiger partial charge on any atom is -0.477 e. The molecule has 0 saturated carbocycles. The van der Waals surface area contributed by atoms with Crippen LogP contribution in [0.15, 0.2) is 16.9 Å². The van der Waals surface area contributed by atoms with Crippen LogP contribution in [-0.4, -0.2) is 21.9 Å². The van der Waals surface area contributed by atoms with Crippen molar-refractivity contribution in [3.63, 3.8) is 0 Å². The molecule has 4 rings (SSSR count). The highest BCUT2D eigenvalue weighted by atomic mass is 19.1. The number of rotatable bonds is 2. The van der Waals surface area contributed by atoms with Crippen LogP contribution in [0.1, 0.15) is 25.0 Å². The Balaban J connectivity index is 1.78. The minimum atomic E-state index is -0.848. The van der Waals surface area contributed by atoms with E-state index in [1.165, 1.54) is 6.07 Å². The molecule has 3 heterocycles. The van der Waals surface area contributed by atoms with Gasteiger partial charge >= 0.3 is 5.56 Å². The van der Waals surface area contributed by atoms with E-state index in [1.807, 2.05) is 0 Å². The number of carbonyl (C=O) groups excluding carboxylic acids is 1. The summed E-state index contributed by atoms with van der Waals surface area (Å²) in [5, 5.41) is 5.56. The molecule has 0 aliphatic carbocycles. The van der Waals surface area contributed by atoms with Crippen molar-refractivity contribution in [1.29, 1.82) is 0 Å². The van der Waals surface area contributed by atoms with Crippen molar-refractivity contribution in [1.82, 2.24) is 9.90 Å². The number of anilines is 1. The highest BCUT2D eigenvalue weighted by Gasteiger charge is 2.31. The summed E-state index contributed by atoms with van der Waals surface area (Å²) < 4.78 is 23.0. The summed E-state index contributed by atoms with van der Waals surface area (Å²) in [6.07, 6.45) is 7.00. The molecule has 0 saturated heterocycles. The molecule has 1 aromatic carbocycles. The van der Waals surface area contributed by atoms with E-state index < -0.39 is 17.8 Å². The van der Waals surface area contributed by atoms with Gasteiger partial charge in [-0.2, -0.15) is 4.68 Å². The van der Waals surface area contributed by atoms with E-state index in [0.29, 0.717) is 24.3 Å². The third-order valence-corrected chi connectivity index (χ3v) is 4.45. The van der Waals surface area contributed by atoms with Gasteiger partial charge in [-0.25, -0.2) is 9.18 Å². The zero-order valence-electron chi connectivity index (χ0n) is 13.3. The number of halogens is 1. The first kappa shape index (κ1) is 15.4. The number of aromatic nitrogens is 3. The summed E-state index contributed by atoms with van der Waals surface area (Å²) in [5.74, 6) is 1.52. The molecule has 2 aromatic rings. The number of terminal acetylenes is 1. The van der Waals surface area contributed by atoms with Gasteiger partial charge in [0.15, 0.2) is 17.6 Å². The van der Waals surface area contributed by atoms with Crippen molar-refractivity contribution in [2.75, 3.05) is 5.32 Å². The second kappa shape index (κ2) is 5.77. The van der Waals surface area contributed by atoms with E-state index in [9.17, 15) is 14.0 Å². The first-order valence-electron chi connectivity index (χ1n) is 8.07. The van der Waals surface area contributed by atoms with Crippen LogP contribution in [0.4, 0.5) is 10.1 Å². The van der Waals surface area contributed by atoms with Gasteiger partial charge in [-0.05, 0) is 12.8 Å². The smallest absolute Gasteiger partial charge is 0.401 e. The van der Waals surface area contributed by atoms with Gasteiger partial charge in [0.2, 0.25) is 5.69 Å². The number of ether oxygens (including phenoxy) is 1. The molecule has 0 fully saturated rings. The number of hydrogen-bond acceptors (Lipinski definition) is 3. The molecule has 8 heteroatoms. The van der Waals surface area contributed by atoms with Gasteiger partial charge in [-0.1, -0.05) is 9.90 Å². The Bertz CT molecular complexity index is 969. The Morgan fingerprint density at radius 3 is 3.00 bits per heavy atom. The van der Waals surface area contributed by atoms with Crippen molar-refractivity contribution in [3.8, 4) is 23.8 Å². The molecule has 128 valence electrons. The predicted molar refractivity (Wildman–Crippen MR) is 86.0 cm³/mol. The van der Waals surface area contributed by atoms with Gasteiger partial charge in [0.25, 0.3) is 5.91 Å². The number of hydrogen-bond donors (Lipinski definition) is 2. The van der Waals surface area contributed by atoms with E-state index in [4.69, 9.17) is 11.2 Å². The molecule has 2 N–H and O–H groups in total. The fraction of sp³-hybridized carbons (Fsp3) is 0.353. The number of aromatic amines is 1. The van der Waals surface area contributed by atoms with Crippen LogP contribution in [0.2, 0.25) is 0 Å². The van der Waals surface area contributed by atoms with Crippen molar-refractivity contribution in [2.45, 2.75) is 38.3 Å². The zero-order chi connectivity index (χ0) is 17.6. The summed E-state index contributed by atoms with van der Waals surface area (Å²) >= 11 is 0. The first-order chi connectivity index (χ1) is 12.1. The normalized spacial score (nSPS) is 18.6. The number of benzene rings is 1. The lowest BCUT2D eigenvalue weighted by molar-refractivity contribution is -0.765. The quantitative estimate of drug-likeness (QED) is 0.621. The number of H-pyrrole nitrogens is 1. The first-order valence-corrected chi connectivity index (χ1v) is 8.07. The molecular formula is C17H16FN4O3+. The molecule has 1 unspecified atom stereocenters. The lowest BCUT2D eigenvalue weighted by Crippen LogP contribution is -2.43. The summed E-state index contributed by atoms with van der Waals surface area (Å²) in [6, 6.07) is 2.54. The molecular weight excluding hydrogens is 327 g/mol. The molecule has 0 radical (unpaired) electrons. The largest absolute Gasteiger partial charge is 0.477 e. The number of amides is 1. The predicted octanol–water partition coefficient (Wildman–Crippen LogP) is 0.651. The Hall–Kier alpha value is -3.08. The van der Waals surface area contributed by atoms with E-state index in [-0.39, 0.29) is 23.4 Å². The van der Waals surface area contributed by atoms with Crippen molar-refractivity contribution < 1.29 is 18.6 Å². The third kappa shape index (κ3) is 2.48. The maximum Gasteiger partial charge on any atom is 0.401 e. The Labute approximate surface area is 142 Å². The van der Waals surface area contributed by atoms with Gasteiger partial charge in [0.05, 0.1) is 12.1 Å². The third-order valence-electron chi connectivity index (χ3n) is 4.45. The van der Waals surface area contributed by atoms with Gasteiger partial charge < -0.3 is 10.1 Å². The highest BCUT2D eigenvalue weighted by Crippen LogP contribution is 2.33. The van der Waals surface area contributed by atoms with Crippen molar-refractivity contribution in [3.05, 3.63) is 34.0 Å². The molecule has 1 atom stereocenters. The Kier molecular flexibility index (Phi) is 3.57. The summed E-state index contributed by atoms with van der Waals surface area (Å²) in [7, 11) is 0. The van der Waals surface area contributed by atoms with Crippen LogP contribution < -0.4 is 20.3 Å². The summed E-state index contributed by atoms with van der Waals surface area (Å²) in [4.78, 5) is 24.5. The number of fused-ring (bicyclic) bond motifs is 2. The number of aryl methyl sites for hydroxylation is 1. The lowest BCUT2D eigenvalue weighted by Gasteiger charge is -2.24. The zero-order valence-corrected chi connectivity index (χ0v) is 13.3. The van der Waals surface area contributed by atoms with Crippen LogP contribution in [0.5, 0.6) is 5.75 Å². The Morgan fingerprint density at radius 2 is 2.24 bits per heavy atom. The number of nitrogens with one attached hydrogen (secondary N) is 2. The maximum absolute atomic E-state index is 14.6. The summed E-state index contributed by atoms with van der Waals surface area (Å²) in [6.45, 7) is 0.692. The molecule has 1 amide bonds. The van der Waals surface area contributed by atoms with Gasteiger partial charge in [0, 0.05) is 18.6 Å². The van der Waals surface area contributed by atoms with E-state index in [0.717, 1.165) is 23.6 Å². The number of nitrogens with zero attached hydrogens (tertiary/aromatic N) is 2. The van der Waals surface area contributed by atoms with Crippen LogP contribution in [0.25, 0.3) is 5.69 Å². The average Bonchev–Trinajstić information content (AvgIpc) is 2.93. The van der Waals surface area contributed by atoms with Crippen LogP contribution in [-0.2, 0) is 17.8 Å². The monoisotopic (exact) mass is 343 g/mol. The highest BCUT2D eigenvalue weighted by molar-refractivity contribution is 5.98. The molecule has 2 aliphatic heterocycles. The van der Waals surface area contributed by atoms with Gasteiger partial charge in [-0.3, -0.25) is 4.79 Å². The topological polar surface area (TPSA) is 80.0 Å². The SMILES string of the molecule is C#CCC1Oc2cc(F)c(-n3[nH][n+]4c(c3=O)CCCC4)cc2NC1=O. The van der Waals surface area contributed by atoms with Crippen molar-refractivity contribution >= 4 is 11.6 Å². The fourth-order valence-electron chi connectivity index (χ4n) is 3.20. The molecule has 7 nitrogen and oxygen atoms in total. The Morgan fingerprint density at radius 1 is 1.40 bits per heavy atom. The van der Waals surface area contributed by atoms with Crippen LogP contribution in [0.3, 0.4) is 0 Å². The van der Waals surface area contributed by atoms with E-state index in [1.54, 1.807) is 4.68 Å². The van der Waals surface area contributed by atoms with E-state index >= 15 is 0 Å². The maximum atomic E-state index is 14.6. The van der Waals surface area contributed by atoms with Crippen LogP contribution >= 0.6 is 0 Å². The molecule has 0 bridgehead atoms. The molecule has 25 heavy (non-hydrogen) atoms. The molecule has 2 aliphatic rings. The second-order valence-electron chi connectivity index (χ2n) is 6.10. The standard InChI is InChI=1S/C17H15FN4O3/c1-2-5-14-16(23)19-11-9-13(10(18)8-15(11)25-14)22-17(24)12-6-3-4-7-21(12)20-22/h1,8-9,14H,3-7H2,(H-,19,20,23,24)/p+1. The summed E-state index contributed by atoms with van der Waals surface area (Å²) in [5.41, 5.74) is 0.675. The van der Waals surface area contributed by atoms with Gasteiger partial charge in [0.1, 0.15) is 12.3 Å². The van der Waals surface area contributed by atoms with Crippen molar-refractivity contribution in [2.24, 2.45) is 0 Å². The lowest BCUT2D eigenvalue weighted by atomic mass is 10.1. The second-order valence-corrected chi connectivity index (χ2v) is 6.10. The van der Waals surface area contributed by atoms with Gasteiger partial charge in [-0.15, -0.1) is 12.3 Å². The fourth-order valence-corrected chi connectivity index (χ4v) is 3.20.